The number of aromatic nitrogens is 3. The van der Waals surface area contributed by atoms with E-state index in [0.717, 1.165) is 52.0 Å². The van der Waals surface area contributed by atoms with Crippen LogP contribution in [0.2, 0.25) is 0 Å². The van der Waals surface area contributed by atoms with Gasteiger partial charge in [0.2, 0.25) is 0 Å². The van der Waals surface area contributed by atoms with Gasteiger partial charge in [-0.3, -0.25) is 0 Å². The van der Waals surface area contributed by atoms with Crippen LogP contribution in [0.4, 0.5) is 5.82 Å². The molecule has 31 heavy (non-hydrogen) atoms. The van der Waals surface area contributed by atoms with Gasteiger partial charge in [0.05, 0.1) is 5.39 Å². The highest BCUT2D eigenvalue weighted by molar-refractivity contribution is 6.02. The molecule has 158 valence electrons. The van der Waals surface area contributed by atoms with Crippen molar-refractivity contribution < 1.29 is 9.84 Å². The SMILES string of the molecule is Cc1c(-c2cccc(OCc3ccccc3)c2)c2c(N)ncnc2n1C1CC(CO)C1. The van der Waals surface area contributed by atoms with Crippen molar-refractivity contribution in [3.05, 3.63) is 72.2 Å². The van der Waals surface area contributed by atoms with Gasteiger partial charge >= 0.3 is 0 Å². The lowest BCUT2D eigenvalue weighted by Crippen LogP contribution is -2.29. The van der Waals surface area contributed by atoms with Crippen LogP contribution in [0, 0.1) is 12.8 Å². The summed E-state index contributed by atoms with van der Waals surface area (Å²) in [4.78, 5) is 8.84. The van der Waals surface area contributed by atoms with Gasteiger partial charge in [0.15, 0.2) is 0 Å². The molecule has 1 saturated carbocycles. The quantitative estimate of drug-likeness (QED) is 0.485. The van der Waals surface area contributed by atoms with Crippen LogP contribution in [-0.2, 0) is 6.61 Å². The molecule has 1 aliphatic rings. The molecule has 0 atom stereocenters. The Morgan fingerprint density at radius 2 is 1.90 bits per heavy atom. The molecule has 2 aromatic carbocycles. The lowest BCUT2D eigenvalue weighted by Gasteiger charge is -2.36. The summed E-state index contributed by atoms with van der Waals surface area (Å²) in [5.74, 6) is 1.65. The number of ether oxygens (including phenoxy) is 1. The van der Waals surface area contributed by atoms with Crippen molar-refractivity contribution in [1.29, 1.82) is 0 Å². The second-order valence-corrected chi connectivity index (χ2v) is 8.26. The summed E-state index contributed by atoms with van der Waals surface area (Å²) in [6.07, 6.45) is 3.42. The summed E-state index contributed by atoms with van der Waals surface area (Å²) >= 11 is 0. The molecule has 1 fully saturated rings. The van der Waals surface area contributed by atoms with Crippen LogP contribution in [0.15, 0.2) is 60.9 Å². The Bertz CT molecular complexity index is 1210. The van der Waals surface area contributed by atoms with Gasteiger partial charge in [0, 0.05) is 23.9 Å². The molecule has 6 nitrogen and oxygen atoms in total. The Hall–Kier alpha value is -3.38. The number of hydrogen-bond donors (Lipinski definition) is 2. The third-order valence-corrected chi connectivity index (χ3v) is 6.26. The summed E-state index contributed by atoms with van der Waals surface area (Å²) in [5, 5.41) is 10.3. The number of fused-ring (bicyclic) bond motifs is 1. The van der Waals surface area contributed by atoms with E-state index < -0.39 is 0 Å². The van der Waals surface area contributed by atoms with Crippen molar-refractivity contribution in [3.8, 4) is 16.9 Å². The Labute approximate surface area is 181 Å². The van der Waals surface area contributed by atoms with Crippen LogP contribution in [0.3, 0.4) is 0 Å². The summed E-state index contributed by atoms with van der Waals surface area (Å²) < 4.78 is 8.32. The Morgan fingerprint density at radius 1 is 1.10 bits per heavy atom. The lowest BCUT2D eigenvalue weighted by atomic mass is 9.80. The number of rotatable bonds is 6. The number of nitrogens with zero attached hydrogens (tertiary/aromatic N) is 3. The zero-order chi connectivity index (χ0) is 21.4. The van der Waals surface area contributed by atoms with Crippen LogP contribution in [0.5, 0.6) is 5.75 Å². The number of aliphatic hydroxyl groups excluding tert-OH is 1. The maximum absolute atomic E-state index is 9.46. The largest absolute Gasteiger partial charge is 0.489 e. The van der Waals surface area contributed by atoms with Gasteiger partial charge in [-0.15, -0.1) is 0 Å². The molecule has 6 heteroatoms. The molecule has 0 unspecified atom stereocenters. The maximum atomic E-state index is 9.46. The fourth-order valence-electron chi connectivity index (χ4n) is 4.61. The Kier molecular flexibility index (Phi) is 5.08. The van der Waals surface area contributed by atoms with Gasteiger partial charge in [0.1, 0.15) is 30.1 Å². The van der Waals surface area contributed by atoms with Crippen molar-refractivity contribution >= 4 is 16.9 Å². The van der Waals surface area contributed by atoms with E-state index in [9.17, 15) is 5.11 Å². The lowest BCUT2D eigenvalue weighted by molar-refractivity contribution is 0.113. The summed E-state index contributed by atoms with van der Waals surface area (Å²) in [6.45, 7) is 2.86. The molecule has 2 aromatic heterocycles. The standard InChI is InChI=1S/C25H26N4O2/c1-16-22(19-8-5-9-21(12-19)31-14-17-6-3-2-4-7-17)23-24(26)27-15-28-25(23)29(16)20-10-18(11-20)13-30/h2-9,12,15,18,20,30H,10-11,13-14H2,1H3,(H2,26,27,28). The number of anilines is 1. The Morgan fingerprint density at radius 3 is 2.68 bits per heavy atom. The van der Waals surface area contributed by atoms with E-state index in [2.05, 4.69) is 45.7 Å². The molecule has 1 aliphatic carbocycles. The normalized spacial score (nSPS) is 18.1. The van der Waals surface area contributed by atoms with E-state index in [-0.39, 0.29) is 6.61 Å². The molecule has 5 rings (SSSR count). The number of benzene rings is 2. The van der Waals surface area contributed by atoms with E-state index in [4.69, 9.17) is 10.5 Å². The highest BCUT2D eigenvalue weighted by atomic mass is 16.5. The molecule has 4 aromatic rings. The van der Waals surface area contributed by atoms with Crippen molar-refractivity contribution in [2.75, 3.05) is 12.3 Å². The van der Waals surface area contributed by atoms with Crippen LogP contribution in [-0.4, -0.2) is 26.2 Å². The van der Waals surface area contributed by atoms with E-state index in [1.807, 2.05) is 30.3 Å². The van der Waals surface area contributed by atoms with E-state index >= 15 is 0 Å². The molecule has 0 aliphatic heterocycles. The van der Waals surface area contributed by atoms with Gasteiger partial charge in [-0.1, -0.05) is 42.5 Å². The summed E-state index contributed by atoms with van der Waals surface area (Å²) in [6, 6.07) is 18.6. The number of nitrogen functional groups attached to an aromatic ring is 1. The van der Waals surface area contributed by atoms with Crippen LogP contribution < -0.4 is 10.5 Å². The fraction of sp³-hybridized carbons (Fsp3) is 0.280. The number of nitrogens with two attached hydrogens (primary N) is 1. The average molecular weight is 415 g/mol. The van der Waals surface area contributed by atoms with Gasteiger partial charge in [-0.2, -0.15) is 0 Å². The topological polar surface area (TPSA) is 86.2 Å². The molecule has 0 amide bonds. The van der Waals surface area contributed by atoms with Crippen molar-refractivity contribution in [2.24, 2.45) is 5.92 Å². The third-order valence-electron chi connectivity index (χ3n) is 6.26. The zero-order valence-corrected chi connectivity index (χ0v) is 17.5. The minimum absolute atomic E-state index is 0.236. The summed E-state index contributed by atoms with van der Waals surface area (Å²) in [7, 11) is 0. The van der Waals surface area contributed by atoms with Crippen LogP contribution in [0.25, 0.3) is 22.2 Å². The van der Waals surface area contributed by atoms with Gasteiger partial charge in [-0.05, 0) is 48.9 Å². The first kappa shape index (κ1) is 19.6. The first-order valence-electron chi connectivity index (χ1n) is 10.6. The first-order valence-corrected chi connectivity index (χ1v) is 10.6. The monoisotopic (exact) mass is 414 g/mol. The maximum Gasteiger partial charge on any atom is 0.146 e. The van der Waals surface area contributed by atoms with E-state index in [1.54, 1.807) is 0 Å². The molecule has 0 bridgehead atoms. The van der Waals surface area contributed by atoms with E-state index in [0.29, 0.717) is 24.4 Å². The van der Waals surface area contributed by atoms with Gasteiger partial charge < -0.3 is 20.1 Å². The molecule has 0 saturated heterocycles. The Balaban J connectivity index is 1.54. The highest BCUT2D eigenvalue weighted by Gasteiger charge is 2.33. The molecular formula is C25H26N4O2. The van der Waals surface area contributed by atoms with Crippen molar-refractivity contribution in [1.82, 2.24) is 14.5 Å². The van der Waals surface area contributed by atoms with Gasteiger partial charge in [0.25, 0.3) is 0 Å². The minimum atomic E-state index is 0.236. The third kappa shape index (κ3) is 3.53. The molecule has 2 heterocycles. The first-order chi connectivity index (χ1) is 15.2. The van der Waals surface area contributed by atoms with Gasteiger partial charge in [-0.25, -0.2) is 9.97 Å². The predicted octanol–water partition coefficient (Wildman–Crippen LogP) is 4.51. The second kappa shape index (κ2) is 8.04. The number of aliphatic hydroxyl groups is 1. The fourth-order valence-corrected chi connectivity index (χ4v) is 4.61. The van der Waals surface area contributed by atoms with Crippen LogP contribution in [0.1, 0.15) is 30.1 Å². The average Bonchev–Trinajstić information content (AvgIpc) is 3.06. The highest BCUT2D eigenvalue weighted by Crippen LogP contribution is 2.45. The summed E-state index contributed by atoms with van der Waals surface area (Å²) in [5.41, 5.74) is 11.5. The van der Waals surface area contributed by atoms with Crippen molar-refractivity contribution in [2.45, 2.75) is 32.4 Å². The predicted molar refractivity (Wildman–Crippen MR) is 122 cm³/mol. The smallest absolute Gasteiger partial charge is 0.146 e. The molecule has 0 spiro atoms. The number of hydrogen-bond acceptors (Lipinski definition) is 5. The minimum Gasteiger partial charge on any atom is -0.489 e. The van der Waals surface area contributed by atoms with Crippen LogP contribution >= 0.6 is 0 Å². The second-order valence-electron chi connectivity index (χ2n) is 8.26. The molecule has 3 N–H and O–H groups in total. The van der Waals surface area contributed by atoms with Crippen molar-refractivity contribution in [3.63, 3.8) is 0 Å². The zero-order valence-electron chi connectivity index (χ0n) is 17.5. The van der Waals surface area contributed by atoms with E-state index in [1.165, 1.54) is 6.33 Å². The molecule has 0 radical (unpaired) electrons. The molecular weight excluding hydrogens is 388 g/mol.